The molecule has 0 aliphatic carbocycles. The topological polar surface area (TPSA) is 50.7 Å². The van der Waals surface area contributed by atoms with Gasteiger partial charge in [-0.15, -0.1) is 0 Å². The minimum absolute atomic E-state index is 0.218. The zero-order chi connectivity index (χ0) is 19.9. The summed E-state index contributed by atoms with van der Waals surface area (Å²) < 4.78 is 14.2. The lowest BCUT2D eigenvalue weighted by molar-refractivity contribution is 0.612. The molecule has 1 N–H and O–H groups in total. The van der Waals surface area contributed by atoms with E-state index in [1.54, 1.807) is 24.5 Å². The lowest BCUT2D eigenvalue weighted by atomic mass is 10.0. The van der Waals surface area contributed by atoms with Gasteiger partial charge in [-0.3, -0.25) is 4.98 Å². The highest BCUT2D eigenvalue weighted by atomic mass is 19.1. The summed E-state index contributed by atoms with van der Waals surface area (Å²) in [4.78, 5) is 13.6. The highest BCUT2D eigenvalue weighted by Crippen LogP contribution is 2.18. The average molecular weight is 384 g/mol. The van der Waals surface area contributed by atoms with Crippen molar-refractivity contribution in [3.05, 3.63) is 113 Å². The predicted molar refractivity (Wildman–Crippen MR) is 111 cm³/mol. The molecule has 5 heteroatoms. The van der Waals surface area contributed by atoms with Crippen LogP contribution in [0.25, 0.3) is 11.5 Å². The fourth-order valence-corrected chi connectivity index (χ4v) is 3.13. The minimum Gasteiger partial charge on any atom is -0.307 e. The van der Waals surface area contributed by atoms with E-state index >= 15 is 0 Å². The van der Waals surface area contributed by atoms with Crippen molar-refractivity contribution < 1.29 is 4.39 Å². The summed E-state index contributed by atoms with van der Waals surface area (Å²) in [5.41, 5.74) is 4.29. The van der Waals surface area contributed by atoms with Crippen LogP contribution in [-0.4, -0.2) is 15.0 Å². The zero-order valence-electron chi connectivity index (χ0n) is 15.9. The van der Waals surface area contributed by atoms with Crippen LogP contribution in [0.3, 0.4) is 0 Å². The zero-order valence-corrected chi connectivity index (χ0v) is 15.9. The summed E-state index contributed by atoms with van der Waals surface area (Å²) in [7, 11) is 0. The second kappa shape index (κ2) is 9.17. The van der Waals surface area contributed by atoms with Crippen molar-refractivity contribution in [2.45, 2.75) is 19.5 Å². The van der Waals surface area contributed by atoms with Crippen LogP contribution < -0.4 is 5.32 Å². The fourth-order valence-electron chi connectivity index (χ4n) is 3.13. The van der Waals surface area contributed by atoms with E-state index in [4.69, 9.17) is 4.98 Å². The normalized spacial score (nSPS) is 10.8. The Bertz CT molecular complexity index is 1070. The number of nitrogens with one attached hydrogen (secondary N) is 1. The van der Waals surface area contributed by atoms with Gasteiger partial charge in [0.1, 0.15) is 11.5 Å². The lowest BCUT2D eigenvalue weighted by Crippen LogP contribution is -2.16. The van der Waals surface area contributed by atoms with Crippen LogP contribution >= 0.6 is 0 Å². The first-order valence-electron chi connectivity index (χ1n) is 9.54. The summed E-state index contributed by atoms with van der Waals surface area (Å²) in [6, 6.07) is 22.6. The van der Waals surface area contributed by atoms with Gasteiger partial charge in [0.25, 0.3) is 0 Å². The van der Waals surface area contributed by atoms with E-state index in [9.17, 15) is 4.39 Å². The third kappa shape index (κ3) is 4.89. The van der Waals surface area contributed by atoms with Gasteiger partial charge in [0.15, 0.2) is 5.82 Å². The molecule has 0 unspecified atom stereocenters. The van der Waals surface area contributed by atoms with Crippen LogP contribution in [0.5, 0.6) is 0 Å². The molecule has 0 aliphatic heterocycles. The van der Waals surface area contributed by atoms with E-state index in [2.05, 4.69) is 27.4 Å². The summed E-state index contributed by atoms with van der Waals surface area (Å²) in [5, 5.41) is 3.43. The molecule has 0 saturated heterocycles. The van der Waals surface area contributed by atoms with Gasteiger partial charge in [-0.25, -0.2) is 14.4 Å². The molecular formula is C24H21FN4. The molecule has 0 fully saturated rings. The molecule has 0 aliphatic rings. The molecule has 0 amide bonds. The second-order valence-corrected chi connectivity index (χ2v) is 6.74. The maximum Gasteiger partial charge on any atom is 0.178 e. The maximum atomic E-state index is 14.2. The number of hydrogen-bond donors (Lipinski definition) is 1. The lowest BCUT2D eigenvalue weighted by Gasteiger charge is -2.12. The molecule has 0 atom stereocenters. The molecule has 4 rings (SSSR count). The number of halogens is 1. The molecule has 0 bridgehead atoms. The van der Waals surface area contributed by atoms with Crippen molar-refractivity contribution in [3.63, 3.8) is 0 Å². The van der Waals surface area contributed by atoms with E-state index in [1.165, 1.54) is 11.6 Å². The number of pyridine rings is 1. The molecule has 4 aromatic rings. The van der Waals surface area contributed by atoms with Crippen molar-refractivity contribution in [2.75, 3.05) is 0 Å². The standard InChI is InChI=1S/C24H21FN4/c25-21-11-5-4-10-19(21)14-20-16-28-24(22-12-6-7-13-27-22)29-23(20)17-26-15-18-8-2-1-3-9-18/h1-13,16,26H,14-15,17H2. The molecule has 0 spiro atoms. The molecule has 0 saturated carbocycles. The minimum atomic E-state index is -0.218. The largest absolute Gasteiger partial charge is 0.307 e. The van der Waals surface area contributed by atoms with Crippen LogP contribution in [0.1, 0.15) is 22.4 Å². The van der Waals surface area contributed by atoms with Crippen molar-refractivity contribution in [1.29, 1.82) is 0 Å². The van der Waals surface area contributed by atoms with E-state index in [1.807, 2.05) is 42.5 Å². The Morgan fingerprint density at radius 2 is 1.55 bits per heavy atom. The van der Waals surface area contributed by atoms with Gasteiger partial charge in [0.05, 0.1) is 5.69 Å². The van der Waals surface area contributed by atoms with Gasteiger partial charge in [0, 0.05) is 31.9 Å². The molecular weight excluding hydrogens is 363 g/mol. The Labute approximate surface area is 169 Å². The van der Waals surface area contributed by atoms with Gasteiger partial charge in [0.2, 0.25) is 0 Å². The molecule has 2 aromatic carbocycles. The number of benzene rings is 2. The second-order valence-electron chi connectivity index (χ2n) is 6.74. The van der Waals surface area contributed by atoms with Crippen molar-refractivity contribution in [1.82, 2.24) is 20.3 Å². The molecule has 144 valence electrons. The number of rotatable bonds is 7. The van der Waals surface area contributed by atoms with Gasteiger partial charge in [-0.2, -0.15) is 0 Å². The highest BCUT2D eigenvalue weighted by Gasteiger charge is 2.12. The summed E-state index contributed by atoms with van der Waals surface area (Å²) in [6.07, 6.45) is 3.94. The summed E-state index contributed by atoms with van der Waals surface area (Å²) in [5.74, 6) is 0.351. The van der Waals surface area contributed by atoms with Crippen molar-refractivity contribution >= 4 is 0 Å². The van der Waals surface area contributed by atoms with Crippen molar-refractivity contribution in [3.8, 4) is 11.5 Å². The maximum absolute atomic E-state index is 14.2. The average Bonchev–Trinajstić information content (AvgIpc) is 2.78. The first kappa shape index (κ1) is 18.9. The SMILES string of the molecule is Fc1ccccc1Cc1cnc(-c2ccccn2)nc1CNCc1ccccc1. The first-order chi connectivity index (χ1) is 14.3. The molecule has 0 radical (unpaired) electrons. The molecule has 29 heavy (non-hydrogen) atoms. The van der Waals surface area contributed by atoms with E-state index in [0.717, 1.165) is 17.8 Å². The Morgan fingerprint density at radius 3 is 2.34 bits per heavy atom. The molecule has 2 aromatic heterocycles. The first-order valence-corrected chi connectivity index (χ1v) is 9.54. The Hall–Kier alpha value is -3.44. The van der Waals surface area contributed by atoms with Gasteiger partial charge in [-0.1, -0.05) is 54.6 Å². The Morgan fingerprint density at radius 1 is 0.759 bits per heavy atom. The third-order valence-electron chi connectivity index (χ3n) is 4.65. The van der Waals surface area contributed by atoms with Gasteiger partial charge < -0.3 is 5.32 Å². The van der Waals surface area contributed by atoms with Gasteiger partial charge >= 0.3 is 0 Å². The van der Waals surface area contributed by atoms with Crippen LogP contribution in [0.4, 0.5) is 4.39 Å². The molecule has 4 nitrogen and oxygen atoms in total. The van der Waals surface area contributed by atoms with Gasteiger partial charge in [-0.05, 0) is 34.9 Å². The van der Waals surface area contributed by atoms with Crippen LogP contribution in [0.2, 0.25) is 0 Å². The van der Waals surface area contributed by atoms with E-state index in [0.29, 0.717) is 30.0 Å². The predicted octanol–water partition coefficient (Wildman–Crippen LogP) is 4.56. The number of aromatic nitrogens is 3. The van der Waals surface area contributed by atoms with E-state index < -0.39 is 0 Å². The van der Waals surface area contributed by atoms with Crippen molar-refractivity contribution in [2.24, 2.45) is 0 Å². The van der Waals surface area contributed by atoms with Crippen LogP contribution in [0.15, 0.2) is 85.2 Å². The summed E-state index contributed by atoms with van der Waals surface area (Å²) >= 11 is 0. The smallest absolute Gasteiger partial charge is 0.178 e. The number of nitrogens with zero attached hydrogens (tertiary/aromatic N) is 3. The van der Waals surface area contributed by atoms with Crippen LogP contribution in [0, 0.1) is 5.82 Å². The summed E-state index contributed by atoms with van der Waals surface area (Å²) in [6.45, 7) is 1.28. The fraction of sp³-hybridized carbons (Fsp3) is 0.125. The third-order valence-corrected chi connectivity index (χ3v) is 4.65. The molecule has 2 heterocycles. The Kier molecular flexibility index (Phi) is 5.98. The Balaban J connectivity index is 1.60. The number of hydrogen-bond acceptors (Lipinski definition) is 4. The highest BCUT2D eigenvalue weighted by molar-refractivity contribution is 5.49. The van der Waals surface area contributed by atoms with E-state index in [-0.39, 0.29) is 5.82 Å². The monoisotopic (exact) mass is 384 g/mol. The van der Waals surface area contributed by atoms with Crippen LogP contribution in [-0.2, 0) is 19.5 Å². The quantitative estimate of drug-likeness (QED) is 0.508.